The van der Waals surface area contributed by atoms with Gasteiger partial charge in [-0.1, -0.05) is 29.8 Å². The summed E-state index contributed by atoms with van der Waals surface area (Å²) < 4.78 is 9.72. The van der Waals surface area contributed by atoms with E-state index in [0.717, 1.165) is 0 Å². The smallest absolute Gasteiger partial charge is 0.343 e. The number of nitrogens with zero attached hydrogens (tertiary/aromatic N) is 1. The molecular formula is C16H16ClN3O4. The van der Waals surface area contributed by atoms with Gasteiger partial charge in [0.1, 0.15) is 11.4 Å². The molecule has 0 saturated carbocycles. The lowest BCUT2D eigenvalue weighted by Gasteiger charge is -2.09. The molecular weight excluding hydrogens is 334 g/mol. The van der Waals surface area contributed by atoms with Crippen LogP contribution in [0.1, 0.15) is 22.8 Å². The van der Waals surface area contributed by atoms with Crippen LogP contribution < -0.4 is 5.32 Å². The summed E-state index contributed by atoms with van der Waals surface area (Å²) in [4.78, 5) is 23.9. The van der Waals surface area contributed by atoms with Crippen molar-refractivity contribution in [2.24, 2.45) is 0 Å². The fraction of sp³-hybridized carbons (Fsp3) is 0.188. The van der Waals surface area contributed by atoms with Crippen molar-refractivity contribution < 1.29 is 19.1 Å². The number of H-pyrrole nitrogens is 1. The summed E-state index contributed by atoms with van der Waals surface area (Å²) in [6.45, 7) is 1.95. The Balaban J connectivity index is 2.33. The number of esters is 2. The third-order valence-corrected chi connectivity index (χ3v) is 3.39. The van der Waals surface area contributed by atoms with E-state index in [9.17, 15) is 9.59 Å². The van der Waals surface area contributed by atoms with Crippen LogP contribution in [-0.2, 0) is 14.3 Å². The van der Waals surface area contributed by atoms with Crippen LogP contribution in [0.4, 0.5) is 5.82 Å². The molecule has 1 aromatic carbocycles. The van der Waals surface area contributed by atoms with Gasteiger partial charge < -0.3 is 14.8 Å². The maximum absolute atomic E-state index is 12.0. The van der Waals surface area contributed by atoms with Gasteiger partial charge in [0.25, 0.3) is 0 Å². The molecule has 0 unspecified atom stereocenters. The average Bonchev–Trinajstić information content (AvgIpc) is 3.05. The minimum absolute atomic E-state index is 0.201. The lowest BCUT2D eigenvalue weighted by molar-refractivity contribution is -0.133. The zero-order valence-electron chi connectivity index (χ0n) is 13.1. The summed E-state index contributed by atoms with van der Waals surface area (Å²) in [5, 5.41) is 9.66. The highest BCUT2D eigenvalue weighted by Crippen LogP contribution is 2.25. The molecule has 1 heterocycles. The molecule has 7 nitrogen and oxygen atoms in total. The Morgan fingerprint density at radius 2 is 2.08 bits per heavy atom. The van der Waals surface area contributed by atoms with E-state index < -0.39 is 11.9 Å². The predicted molar refractivity (Wildman–Crippen MR) is 89.6 cm³/mol. The van der Waals surface area contributed by atoms with E-state index in [1.54, 1.807) is 31.2 Å². The van der Waals surface area contributed by atoms with Crippen LogP contribution in [0.2, 0.25) is 5.02 Å². The Morgan fingerprint density at radius 3 is 2.75 bits per heavy atom. The molecule has 0 aliphatic rings. The van der Waals surface area contributed by atoms with Gasteiger partial charge >= 0.3 is 11.9 Å². The molecule has 0 fully saturated rings. The van der Waals surface area contributed by atoms with Crippen molar-refractivity contribution in [3.8, 4) is 0 Å². The molecule has 2 aromatic rings. The second-order valence-electron chi connectivity index (χ2n) is 4.55. The maximum atomic E-state index is 12.0. The minimum Gasteiger partial charge on any atom is -0.465 e. The molecule has 0 aliphatic carbocycles. The number of hydrogen-bond donors (Lipinski definition) is 2. The number of carbonyl (C=O) groups is 2. The summed E-state index contributed by atoms with van der Waals surface area (Å²) in [7, 11) is 1.27. The second kappa shape index (κ2) is 8.16. The lowest BCUT2D eigenvalue weighted by Crippen LogP contribution is -2.09. The number of aromatic amines is 1. The van der Waals surface area contributed by atoms with E-state index in [0.29, 0.717) is 16.4 Å². The van der Waals surface area contributed by atoms with Crippen LogP contribution in [-0.4, -0.2) is 35.9 Å². The molecule has 24 heavy (non-hydrogen) atoms. The largest absolute Gasteiger partial charge is 0.465 e. The summed E-state index contributed by atoms with van der Waals surface area (Å²) in [5.74, 6) is -0.811. The van der Waals surface area contributed by atoms with Crippen LogP contribution >= 0.6 is 11.6 Å². The highest BCUT2D eigenvalue weighted by molar-refractivity contribution is 6.34. The third-order valence-electron chi connectivity index (χ3n) is 3.06. The molecule has 0 atom stereocenters. The first-order chi connectivity index (χ1) is 11.6. The lowest BCUT2D eigenvalue weighted by atomic mass is 10.1. The number of hydrogen-bond acceptors (Lipinski definition) is 6. The number of aromatic nitrogens is 2. The Bertz CT molecular complexity index is 770. The summed E-state index contributed by atoms with van der Waals surface area (Å²) in [5.41, 5.74) is 0.916. The van der Waals surface area contributed by atoms with Crippen molar-refractivity contribution in [2.75, 3.05) is 19.0 Å². The zero-order chi connectivity index (χ0) is 17.5. The van der Waals surface area contributed by atoms with Crippen molar-refractivity contribution in [3.63, 3.8) is 0 Å². The van der Waals surface area contributed by atoms with Crippen LogP contribution in [0.3, 0.4) is 0 Å². The van der Waals surface area contributed by atoms with Gasteiger partial charge in [0.2, 0.25) is 0 Å². The van der Waals surface area contributed by atoms with Gasteiger partial charge in [-0.05, 0) is 13.0 Å². The van der Waals surface area contributed by atoms with Crippen LogP contribution in [0.15, 0.2) is 36.7 Å². The van der Waals surface area contributed by atoms with Gasteiger partial charge in [-0.25, -0.2) is 9.59 Å². The number of benzene rings is 1. The van der Waals surface area contributed by atoms with E-state index in [-0.39, 0.29) is 17.7 Å². The number of carbonyl (C=O) groups excluding carboxylic acids is 2. The second-order valence-corrected chi connectivity index (χ2v) is 4.96. The van der Waals surface area contributed by atoms with Crippen molar-refractivity contribution in [2.45, 2.75) is 6.92 Å². The number of nitrogens with one attached hydrogen (secondary N) is 2. The van der Waals surface area contributed by atoms with E-state index >= 15 is 0 Å². The molecule has 0 saturated heterocycles. The molecule has 0 bridgehead atoms. The SMILES string of the molecule is CCOC(=O)c1cn[nH]c1N/C=C(\C(=O)OC)c1ccccc1Cl. The fourth-order valence-corrected chi connectivity index (χ4v) is 2.18. The Morgan fingerprint density at radius 1 is 1.33 bits per heavy atom. The van der Waals surface area contributed by atoms with Gasteiger partial charge in [0, 0.05) is 16.8 Å². The predicted octanol–water partition coefficient (Wildman–Crippen LogP) is 2.87. The van der Waals surface area contributed by atoms with Gasteiger partial charge in [-0.3, -0.25) is 5.10 Å². The molecule has 2 N–H and O–H groups in total. The normalized spacial score (nSPS) is 11.0. The highest BCUT2D eigenvalue weighted by Gasteiger charge is 2.17. The van der Waals surface area contributed by atoms with Crippen LogP contribution in [0, 0.1) is 0 Å². The molecule has 2 rings (SSSR count). The molecule has 0 radical (unpaired) electrons. The Hall–Kier alpha value is -2.80. The quantitative estimate of drug-likeness (QED) is 0.615. The number of ether oxygens (including phenoxy) is 2. The van der Waals surface area contributed by atoms with Crippen molar-refractivity contribution in [1.82, 2.24) is 10.2 Å². The Kier molecular flexibility index (Phi) is 5.97. The molecule has 8 heteroatoms. The average molecular weight is 350 g/mol. The first-order valence-electron chi connectivity index (χ1n) is 7.08. The summed E-state index contributed by atoms with van der Waals surface area (Å²) in [6, 6.07) is 6.85. The van der Waals surface area contributed by atoms with Gasteiger partial charge in [0.05, 0.1) is 25.5 Å². The van der Waals surface area contributed by atoms with E-state index in [1.807, 2.05) is 0 Å². The van der Waals surface area contributed by atoms with Gasteiger partial charge in [0.15, 0.2) is 0 Å². The topological polar surface area (TPSA) is 93.3 Å². The molecule has 126 valence electrons. The number of methoxy groups -OCH3 is 1. The van der Waals surface area contributed by atoms with Crippen molar-refractivity contribution >= 4 is 34.9 Å². The zero-order valence-corrected chi connectivity index (χ0v) is 13.9. The van der Waals surface area contributed by atoms with E-state index in [1.165, 1.54) is 19.5 Å². The minimum atomic E-state index is -0.576. The van der Waals surface area contributed by atoms with E-state index in [4.69, 9.17) is 21.1 Å². The first kappa shape index (κ1) is 17.6. The highest BCUT2D eigenvalue weighted by atomic mass is 35.5. The molecule has 0 aliphatic heterocycles. The van der Waals surface area contributed by atoms with E-state index in [2.05, 4.69) is 15.5 Å². The summed E-state index contributed by atoms with van der Waals surface area (Å²) >= 11 is 6.13. The van der Waals surface area contributed by atoms with Crippen LogP contribution in [0.25, 0.3) is 5.57 Å². The molecule has 1 aromatic heterocycles. The van der Waals surface area contributed by atoms with Crippen molar-refractivity contribution in [3.05, 3.63) is 52.8 Å². The standard InChI is InChI=1S/C16H16ClN3O4/c1-3-24-16(22)12-9-19-20-14(12)18-8-11(15(21)23-2)10-6-4-5-7-13(10)17/h4-9H,3H2,1-2H3,(H2,18,19,20)/b11-8-. The summed E-state index contributed by atoms with van der Waals surface area (Å²) in [6.07, 6.45) is 2.73. The van der Waals surface area contributed by atoms with Crippen LogP contribution in [0.5, 0.6) is 0 Å². The maximum Gasteiger partial charge on any atom is 0.343 e. The monoisotopic (exact) mass is 349 g/mol. The molecule has 0 spiro atoms. The van der Waals surface area contributed by atoms with Crippen molar-refractivity contribution in [1.29, 1.82) is 0 Å². The number of rotatable bonds is 6. The van der Waals surface area contributed by atoms with Gasteiger partial charge in [-0.2, -0.15) is 5.10 Å². The van der Waals surface area contributed by atoms with Gasteiger partial charge in [-0.15, -0.1) is 0 Å². The Labute approximate surface area is 143 Å². The number of anilines is 1. The fourth-order valence-electron chi connectivity index (χ4n) is 1.94. The third kappa shape index (κ3) is 3.94. The first-order valence-corrected chi connectivity index (χ1v) is 7.46. The molecule has 0 amide bonds. The number of halogens is 1.